The molecule has 21 heavy (non-hydrogen) atoms. The molecule has 0 unspecified atom stereocenters. The summed E-state index contributed by atoms with van der Waals surface area (Å²) in [4.78, 5) is 14.7. The van der Waals surface area contributed by atoms with E-state index >= 15 is 0 Å². The molecular formula is C15H17N3O3. The van der Waals surface area contributed by atoms with Crippen LogP contribution in [0.25, 0.3) is 0 Å². The SMILES string of the molecule is CCCNc1cncc(Oc2ccc(C)cc2[N+](=O)[O-])c1. The fourth-order valence-corrected chi connectivity index (χ4v) is 1.82. The van der Waals surface area contributed by atoms with Crippen LogP contribution in [0.5, 0.6) is 11.5 Å². The number of hydrogen-bond donors (Lipinski definition) is 1. The minimum absolute atomic E-state index is 0.0538. The summed E-state index contributed by atoms with van der Waals surface area (Å²) in [5.74, 6) is 0.670. The van der Waals surface area contributed by atoms with Crippen LogP contribution in [0.3, 0.4) is 0 Å². The molecule has 0 aliphatic heterocycles. The van der Waals surface area contributed by atoms with E-state index in [-0.39, 0.29) is 11.4 Å². The first kappa shape index (κ1) is 14.8. The molecule has 0 saturated carbocycles. The average Bonchev–Trinajstić information content (AvgIpc) is 2.47. The second-order valence-corrected chi connectivity index (χ2v) is 4.67. The number of nitrogens with zero attached hydrogens (tertiary/aromatic N) is 2. The first-order chi connectivity index (χ1) is 10.1. The van der Waals surface area contributed by atoms with Crippen LogP contribution in [0.4, 0.5) is 11.4 Å². The number of aryl methyl sites for hydroxylation is 1. The lowest BCUT2D eigenvalue weighted by Crippen LogP contribution is -2.00. The van der Waals surface area contributed by atoms with Crippen LogP contribution >= 0.6 is 0 Å². The Bertz CT molecular complexity index is 644. The highest BCUT2D eigenvalue weighted by Gasteiger charge is 2.16. The van der Waals surface area contributed by atoms with Gasteiger partial charge < -0.3 is 10.1 Å². The molecule has 0 aliphatic carbocycles. The molecule has 1 heterocycles. The fourth-order valence-electron chi connectivity index (χ4n) is 1.82. The third-order valence-corrected chi connectivity index (χ3v) is 2.83. The van der Waals surface area contributed by atoms with Gasteiger partial charge in [0.1, 0.15) is 5.75 Å². The van der Waals surface area contributed by atoms with Gasteiger partial charge in [0.25, 0.3) is 0 Å². The molecule has 0 spiro atoms. The van der Waals surface area contributed by atoms with Gasteiger partial charge in [0.2, 0.25) is 5.75 Å². The molecular weight excluding hydrogens is 270 g/mol. The number of ether oxygens (including phenoxy) is 1. The molecule has 2 rings (SSSR count). The molecule has 0 aliphatic rings. The van der Waals surface area contributed by atoms with Gasteiger partial charge in [-0.25, -0.2) is 0 Å². The highest BCUT2D eigenvalue weighted by molar-refractivity contribution is 5.52. The first-order valence-corrected chi connectivity index (χ1v) is 6.72. The van der Waals surface area contributed by atoms with E-state index in [1.807, 2.05) is 0 Å². The summed E-state index contributed by atoms with van der Waals surface area (Å²) in [6.07, 6.45) is 4.21. The summed E-state index contributed by atoms with van der Waals surface area (Å²) in [5.41, 5.74) is 1.58. The van der Waals surface area contributed by atoms with E-state index in [0.717, 1.165) is 24.2 Å². The molecule has 0 amide bonds. The molecule has 0 fully saturated rings. The Kier molecular flexibility index (Phi) is 4.71. The number of benzene rings is 1. The second kappa shape index (κ2) is 6.69. The zero-order chi connectivity index (χ0) is 15.2. The molecule has 1 aromatic heterocycles. The quantitative estimate of drug-likeness (QED) is 0.643. The van der Waals surface area contributed by atoms with Crippen molar-refractivity contribution in [3.63, 3.8) is 0 Å². The van der Waals surface area contributed by atoms with Crippen molar-refractivity contribution in [3.05, 3.63) is 52.3 Å². The maximum absolute atomic E-state index is 11.1. The Morgan fingerprint density at radius 3 is 2.86 bits per heavy atom. The predicted octanol–water partition coefficient (Wildman–Crippen LogP) is 3.91. The smallest absolute Gasteiger partial charge is 0.311 e. The van der Waals surface area contributed by atoms with Crippen molar-refractivity contribution in [1.82, 2.24) is 4.98 Å². The molecule has 6 nitrogen and oxygen atoms in total. The van der Waals surface area contributed by atoms with E-state index in [1.54, 1.807) is 31.3 Å². The zero-order valence-electron chi connectivity index (χ0n) is 12.0. The summed E-state index contributed by atoms with van der Waals surface area (Å²) < 4.78 is 5.60. The fraction of sp³-hybridized carbons (Fsp3) is 0.267. The lowest BCUT2D eigenvalue weighted by Gasteiger charge is -2.09. The molecule has 0 saturated heterocycles. The number of nitrogens with one attached hydrogen (secondary N) is 1. The summed E-state index contributed by atoms with van der Waals surface area (Å²) in [6, 6.07) is 6.63. The average molecular weight is 287 g/mol. The number of nitro groups is 1. The van der Waals surface area contributed by atoms with Crippen LogP contribution in [0.15, 0.2) is 36.7 Å². The number of anilines is 1. The number of pyridine rings is 1. The second-order valence-electron chi connectivity index (χ2n) is 4.67. The predicted molar refractivity (Wildman–Crippen MR) is 80.9 cm³/mol. The van der Waals surface area contributed by atoms with E-state index in [1.165, 1.54) is 12.3 Å². The summed E-state index contributed by atoms with van der Waals surface area (Å²) in [6.45, 7) is 4.69. The largest absolute Gasteiger partial charge is 0.448 e. The van der Waals surface area contributed by atoms with Crippen LogP contribution in [-0.2, 0) is 0 Å². The normalized spacial score (nSPS) is 10.2. The zero-order valence-corrected chi connectivity index (χ0v) is 12.0. The molecule has 1 aromatic carbocycles. The Balaban J connectivity index is 2.24. The monoisotopic (exact) mass is 287 g/mol. The van der Waals surface area contributed by atoms with Gasteiger partial charge in [-0.05, 0) is 25.0 Å². The van der Waals surface area contributed by atoms with Crippen LogP contribution in [0.1, 0.15) is 18.9 Å². The van der Waals surface area contributed by atoms with Crippen LogP contribution in [0.2, 0.25) is 0 Å². The first-order valence-electron chi connectivity index (χ1n) is 6.72. The highest BCUT2D eigenvalue weighted by atomic mass is 16.6. The molecule has 0 atom stereocenters. The van der Waals surface area contributed by atoms with Crippen molar-refractivity contribution in [2.75, 3.05) is 11.9 Å². The van der Waals surface area contributed by atoms with Crippen LogP contribution < -0.4 is 10.1 Å². The van der Waals surface area contributed by atoms with Gasteiger partial charge in [0.15, 0.2) is 0 Å². The van der Waals surface area contributed by atoms with Crippen molar-refractivity contribution < 1.29 is 9.66 Å². The lowest BCUT2D eigenvalue weighted by molar-refractivity contribution is -0.385. The number of nitro benzene ring substituents is 1. The van der Waals surface area contributed by atoms with Crippen LogP contribution in [-0.4, -0.2) is 16.5 Å². The Hall–Kier alpha value is -2.63. The van der Waals surface area contributed by atoms with E-state index in [0.29, 0.717) is 5.75 Å². The van der Waals surface area contributed by atoms with Crippen molar-refractivity contribution in [3.8, 4) is 11.5 Å². The van der Waals surface area contributed by atoms with Crippen molar-refractivity contribution >= 4 is 11.4 Å². The summed E-state index contributed by atoms with van der Waals surface area (Å²) >= 11 is 0. The van der Waals surface area contributed by atoms with Gasteiger partial charge in [0, 0.05) is 18.7 Å². The van der Waals surface area contributed by atoms with Gasteiger partial charge >= 0.3 is 5.69 Å². The minimum Gasteiger partial charge on any atom is -0.448 e. The van der Waals surface area contributed by atoms with Gasteiger partial charge in [-0.3, -0.25) is 15.1 Å². The summed E-state index contributed by atoms with van der Waals surface area (Å²) in [5, 5.41) is 14.3. The Morgan fingerprint density at radius 1 is 1.33 bits per heavy atom. The Labute approximate surface area is 122 Å². The number of hydrogen-bond acceptors (Lipinski definition) is 5. The highest BCUT2D eigenvalue weighted by Crippen LogP contribution is 2.32. The van der Waals surface area contributed by atoms with Gasteiger partial charge in [-0.15, -0.1) is 0 Å². The van der Waals surface area contributed by atoms with Gasteiger partial charge in [0.05, 0.1) is 23.0 Å². The molecule has 2 aromatic rings. The minimum atomic E-state index is -0.449. The molecule has 0 bridgehead atoms. The Morgan fingerprint density at radius 2 is 2.14 bits per heavy atom. The number of aromatic nitrogens is 1. The topological polar surface area (TPSA) is 77.3 Å². The van der Waals surface area contributed by atoms with Crippen molar-refractivity contribution in [1.29, 1.82) is 0 Å². The standard InChI is InChI=1S/C15H17N3O3/c1-3-6-17-12-8-13(10-16-9-12)21-15-5-4-11(2)7-14(15)18(19)20/h4-5,7-10,17H,3,6H2,1-2H3. The van der Waals surface area contributed by atoms with E-state index in [4.69, 9.17) is 4.74 Å². The molecule has 6 heteroatoms. The number of rotatable bonds is 6. The third-order valence-electron chi connectivity index (χ3n) is 2.83. The van der Waals surface area contributed by atoms with Gasteiger partial charge in [-0.2, -0.15) is 0 Å². The maximum Gasteiger partial charge on any atom is 0.311 e. The molecule has 1 N–H and O–H groups in total. The lowest BCUT2D eigenvalue weighted by atomic mass is 10.2. The van der Waals surface area contributed by atoms with E-state index in [9.17, 15) is 10.1 Å². The third kappa shape index (κ3) is 3.92. The van der Waals surface area contributed by atoms with Crippen molar-refractivity contribution in [2.24, 2.45) is 0 Å². The van der Waals surface area contributed by atoms with E-state index < -0.39 is 4.92 Å². The maximum atomic E-state index is 11.1. The van der Waals surface area contributed by atoms with Gasteiger partial charge in [-0.1, -0.05) is 13.0 Å². The molecule has 0 radical (unpaired) electrons. The summed E-state index contributed by atoms with van der Waals surface area (Å²) in [7, 11) is 0. The van der Waals surface area contributed by atoms with Crippen molar-refractivity contribution in [2.45, 2.75) is 20.3 Å². The molecule has 110 valence electrons. The van der Waals surface area contributed by atoms with Crippen LogP contribution in [0, 0.1) is 17.0 Å². The van der Waals surface area contributed by atoms with E-state index in [2.05, 4.69) is 17.2 Å².